The molecule has 0 radical (unpaired) electrons. The second-order valence-electron chi connectivity index (χ2n) is 9.98. The molecule has 0 atom stereocenters. The molecule has 0 aliphatic heterocycles. The Morgan fingerprint density at radius 3 is 1.26 bits per heavy atom. The summed E-state index contributed by atoms with van der Waals surface area (Å²) in [6, 6.07) is 49.0. The zero-order valence-electron chi connectivity index (χ0n) is 22.6. The molecule has 1 heterocycles. The van der Waals surface area contributed by atoms with Gasteiger partial charge in [-0.2, -0.15) is 0 Å². The summed E-state index contributed by atoms with van der Waals surface area (Å²) in [7, 11) is 0. The summed E-state index contributed by atoms with van der Waals surface area (Å²) < 4.78 is 0. The number of hydrogen-bond donors (Lipinski definition) is 0. The van der Waals surface area contributed by atoms with Crippen LogP contribution >= 0.6 is 0 Å². The van der Waals surface area contributed by atoms with Crippen molar-refractivity contribution in [2.45, 2.75) is 0 Å². The predicted molar refractivity (Wildman–Crippen MR) is 171 cm³/mol. The van der Waals surface area contributed by atoms with E-state index in [4.69, 9.17) is 21.5 Å². The van der Waals surface area contributed by atoms with Crippen LogP contribution in [0.3, 0.4) is 0 Å². The lowest BCUT2D eigenvalue weighted by molar-refractivity contribution is 1.07. The van der Waals surface area contributed by atoms with Crippen LogP contribution in [0.25, 0.3) is 72.0 Å². The molecule has 196 valence electrons. The van der Waals surface area contributed by atoms with E-state index < -0.39 is 0 Å². The molecule has 0 bridgehead atoms. The molecule has 4 heteroatoms. The fourth-order valence-corrected chi connectivity index (χ4v) is 5.22. The standard InChI is InChI=1S/C38H24N4/c1-39-35-25-24-32(33-14-8-9-15-34(33)35)28-20-16-26(17-21-28)27-18-22-31(23-19-27)38-41-36(29-10-4-2-5-11-29)40-37(42-38)30-12-6-3-7-13-30/h2-25H. The Morgan fingerprint density at radius 1 is 0.357 bits per heavy atom. The van der Waals surface area contributed by atoms with Crippen molar-refractivity contribution < 1.29 is 0 Å². The summed E-state index contributed by atoms with van der Waals surface area (Å²) in [5.41, 5.74) is 7.98. The van der Waals surface area contributed by atoms with E-state index in [9.17, 15) is 0 Å². The van der Waals surface area contributed by atoms with Crippen molar-refractivity contribution in [1.82, 2.24) is 15.0 Å². The molecular weight excluding hydrogens is 512 g/mol. The third kappa shape index (κ3) is 4.81. The van der Waals surface area contributed by atoms with Crippen LogP contribution in [0.15, 0.2) is 146 Å². The van der Waals surface area contributed by atoms with Crippen molar-refractivity contribution in [3.8, 4) is 56.4 Å². The molecule has 4 nitrogen and oxygen atoms in total. The van der Waals surface area contributed by atoms with Crippen LogP contribution in [0.4, 0.5) is 5.69 Å². The van der Waals surface area contributed by atoms with Gasteiger partial charge in [-0.15, -0.1) is 0 Å². The number of nitrogens with zero attached hydrogens (tertiary/aromatic N) is 4. The summed E-state index contributed by atoms with van der Waals surface area (Å²) in [6.45, 7) is 7.51. The molecule has 7 aromatic rings. The zero-order valence-corrected chi connectivity index (χ0v) is 22.6. The minimum Gasteiger partial charge on any atom is -0.238 e. The second-order valence-corrected chi connectivity index (χ2v) is 9.98. The third-order valence-corrected chi connectivity index (χ3v) is 7.39. The fourth-order valence-electron chi connectivity index (χ4n) is 5.22. The van der Waals surface area contributed by atoms with Gasteiger partial charge in [0.25, 0.3) is 0 Å². The molecule has 0 unspecified atom stereocenters. The topological polar surface area (TPSA) is 43.0 Å². The van der Waals surface area contributed by atoms with E-state index in [-0.39, 0.29) is 0 Å². The van der Waals surface area contributed by atoms with Crippen LogP contribution < -0.4 is 0 Å². The highest BCUT2D eigenvalue weighted by molar-refractivity contribution is 6.03. The maximum Gasteiger partial charge on any atom is 0.194 e. The van der Waals surface area contributed by atoms with Gasteiger partial charge < -0.3 is 0 Å². The summed E-state index contributed by atoms with van der Waals surface area (Å²) >= 11 is 0. The third-order valence-electron chi connectivity index (χ3n) is 7.39. The minimum absolute atomic E-state index is 0.638. The maximum atomic E-state index is 7.51. The number of benzene rings is 6. The monoisotopic (exact) mass is 536 g/mol. The molecule has 42 heavy (non-hydrogen) atoms. The largest absolute Gasteiger partial charge is 0.238 e. The van der Waals surface area contributed by atoms with E-state index in [2.05, 4.69) is 59.4 Å². The van der Waals surface area contributed by atoms with Gasteiger partial charge in [0, 0.05) is 16.7 Å². The van der Waals surface area contributed by atoms with Crippen LogP contribution in [-0.2, 0) is 0 Å². The molecule has 6 aromatic carbocycles. The van der Waals surface area contributed by atoms with Gasteiger partial charge in [0.2, 0.25) is 0 Å². The van der Waals surface area contributed by atoms with Crippen molar-refractivity contribution >= 4 is 16.5 Å². The first-order valence-corrected chi connectivity index (χ1v) is 13.7. The molecule has 7 rings (SSSR count). The molecule has 0 aliphatic carbocycles. The van der Waals surface area contributed by atoms with Crippen molar-refractivity contribution in [2.24, 2.45) is 0 Å². The summed E-state index contributed by atoms with van der Waals surface area (Å²) in [5.74, 6) is 1.94. The van der Waals surface area contributed by atoms with Crippen LogP contribution in [0.1, 0.15) is 0 Å². The van der Waals surface area contributed by atoms with Gasteiger partial charge in [-0.3, -0.25) is 0 Å². The summed E-state index contributed by atoms with van der Waals surface area (Å²) in [6.07, 6.45) is 0. The minimum atomic E-state index is 0.638. The lowest BCUT2D eigenvalue weighted by Gasteiger charge is -2.10. The molecular formula is C38H24N4. The molecule has 0 amide bonds. The van der Waals surface area contributed by atoms with Crippen LogP contribution in [0.2, 0.25) is 0 Å². The van der Waals surface area contributed by atoms with E-state index in [0.717, 1.165) is 49.7 Å². The molecule has 0 N–H and O–H groups in total. The SMILES string of the molecule is [C-]#[N+]c1ccc(-c2ccc(-c3ccc(-c4nc(-c5ccccc5)nc(-c5ccccc5)n4)cc3)cc2)c2ccccc12. The van der Waals surface area contributed by atoms with Gasteiger partial charge in [-0.25, -0.2) is 19.8 Å². The molecule has 1 aromatic heterocycles. The first-order chi connectivity index (χ1) is 20.8. The average molecular weight is 537 g/mol. The summed E-state index contributed by atoms with van der Waals surface area (Å²) in [4.78, 5) is 18.2. The van der Waals surface area contributed by atoms with Gasteiger partial charge in [0.05, 0.1) is 6.57 Å². The van der Waals surface area contributed by atoms with Gasteiger partial charge in [0.15, 0.2) is 23.2 Å². The normalized spacial score (nSPS) is 10.8. The maximum absolute atomic E-state index is 7.51. The Balaban J connectivity index is 1.22. The van der Waals surface area contributed by atoms with Crippen LogP contribution in [0.5, 0.6) is 0 Å². The van der Waals surface area contributed by atoms with Crippen LogP contribution in [0, 0.1) is 6.57 Å². The van der Waals surface area contributed by atoms with Crippen molar-refractivity contribution in [1.29, 1.82) is 0 Å². The Kier molecular flexibility index (Phi) is 6.52. The first kappa shape index (κ1) is 25.1. The highest BCUT2D eigenvalue weighted by Crippen LogP contribution is 2.35. The highest BCUT2D eigenvalue weighted by Gasteiger charge is 2.13. The number of fused-ring (bicyclic) bond motifs is 1. The van der Waals surface area contributed by atoms with E-state index in [1.54, 1.807) is 0 Å². The lowest BCUT2D eigenvalue weighted by atomic mass is 9.95. The van der Waals surface area contributed by atoms with Gasteiger partial charge in [-0.1, -0.05) is 146 Å². The van der Waals surface area contributed by atoms with Crippen molar-refractivity contribution in [3.05, 3.63) is 157 Å². The van der Waals surface area contributed by atoms with E-state index in [0.29, 0.717) is 23.2 Å². The van der Waals surface area contributed by atoms with E-state index in [1.165, 1.54) is 0 Å². The van der Waals surface area contributed by atoms with E-state index >= 15 is 0 Å². The predicted octanol–water partition coefficient (Wildman–Crippen LogP) is 9.91. The molecule has 0 saturated heterocycles. The lowest BCUT2D eigenvalue weighted by Crippen LogP contribution is -2.00. The Morgan fingerprint density at radius 2 is 0.762 bits per heavy atom. The second kappa shape index (κ2) is 10.9. The zero-order chi connectivity index (χ0) is 28.3. The molecule has 0 aliphatic rings. The Bertz CT molecular complexity index is 2000. The fraction of sp³-hybridized carbons (Fsp3) is 0. The van der Waals surface area contributed by atoms with Crippen molar-refractivity contribution in [2.75, 3.05) is 0 Å². The Hall–Kier alpha value is -5.92. The smallest absolute Gasteiger partial charge is 0.194 e. The van der Waals surface area contributed by atoms with Gasteiger partial charge in [0.1, 0.15) is 0 Å². The number of hydrogen-bond acceptors (Lipinski definition) is 3. The highest BCUT2D eigenvalue weighted by atomic mass is 15.0. The molecule has 0 fully saturated rings. The van der Waals surface area contributed by atoms with Crippen LogP contribution in [-0.4, -0.2) is 15.0 Å². The quantitative estimate of drug-likeness (QED) is 0.206. The van der Waals surface area contributed by atoms with E-state index in [1.807, 2.05) is 91.0 Å². The first-order valence-electron chi connectivity index (χ1n) is 13.7. The summed E-state index contributed by atoms with van der Waals surface area (Å²) in [5, 5.41) is 2.07. The molecule has 0 saturated carbocycles. The van der Waals surface area contributed by atoms with Crippen molar-refractivity contribution in [3.63, 3.8) is 0 Å². The average Bonchev–Trinajstić information content (AvgIpc) is 3.08. The van der Waals surface area contributed by atoms with Gasteiger partial charge in [-0.05, 0) is 33.0 Å². The number of rotatable bonds is 5. The Labute approximate surface area is 244 Å². The molecule has 0 spiro atoms. The van der Waals surface area contributed by atoms with Gasteiger partial charge >= 0.3 is 0 Å². The number of aromatic nitrogens is 3.